The van der Waals surface area contributed by atoms with Crippen molar-refractivity contribution in [3.63, 3.8) is 0 Å². The summed E-state index contributed by atoms with van der Waals surface area (Å²) in [5, 5.41) is 3.39. The van der Waals surface area contributed by atoms with E-state index in [2.05, 4.69) is 25.1 Å². The first-order valence-corrected chi connectivity index (χ1v) is 13.0. The number of para-hydroxylation sites is 2. The molecule has 2 aliphatic rings. The number of morpholine rings is 1. The molecule has 0 amide bonds. The molecule has 0 atom stereocenters. The molecule has 0 bridgehead atoms. The van der Waals surface area contributed by atoms with Gasteiger partial charge in [0.2, 0.25) is 5.95 Å². The van der Waals surface area contributed by atoms with E-state index in [1.807, 2.05) is 7.05 Å². The number of aromatic nitrogens is 4. The number of alkyl halides is 3. The van der Waals surface area contributed by atoms with Gasteiger partial charge in [0.1, 0.15) is 18.3 Å². The highest BCUT2D eigenvalue weighted by atomic mass is 19.3. The molecule has 3 heterocycles. The van der Waals surface area contributed by atoms with Gasteiger partial charge in [0, 0.05) is 38.3 Å². The monoisotopic (exact) mass is 517 g/mol. The van der Waals surface area contributed by atoms with Gasteiger partial charge in [-0.3, -0.25) is 4.57 Å². The quantitative estimate of drug-likeness (QED) is 0.449. The summed E-state index contributed by atoms with van der Waals surface area (Å²) in [4.78, 5) is 17.8. The number of hydrogen-bond acceptors (Lipinski definition) is 7. The minimum atomic E-state index is -2.75. The zero-order chi connectivity index (χ0) is 25.8. The molecule has 2 fully saturated rings. The van der Waals surface area contributed by atoms with Crippen molar-refractivity contribution in [2.75, 3.05) is 63.3 Å². The minimum Gasteiger partial charge on any atom is -0.378 e. The molecule has 0 unspecified atom stereocenters. The van der Waals surface area contributed by atoms with Crippen LogP contribution in [0.15, 0.2) is 30.3 Å². The molecule has 1 saturated carbocycles. The molecular weight excluding hydrogens is 483 g/mol. The van der Waals surface area contributed by atoms with Gasteiger partial charge in [0.15, 0.2) is 5.82 Å². The van der Waals surface area contributed by atoms with Crippen LogP contribution in [0.4, 0.5) is 24.9 Å². The number of nitrogens with zero attached hydrogens (tertiary/aromatic N) is 6. The van der Waals surface area contributed by atoms with E-state index >= 15 is 0 Å². The lowest BCUT2D eigenvalue weighted by atomic mass is 9.85. The normalized spacial score (nSPS) is 20.8. The minimum absolute atomic E-state index is 0.323. The van der Waals surface area contributed by atoms with Crippen LogP contribution < -0.4 is 10.2 Å². The van der Waals surface area contributed by atoms with Crippen molar-refractivity contribution in [1.29, 1.82) is 0 Å². The first-order chi connectivity index (χ1) is 18.0. The van der Waals surface area contributed by atoms with E-state index in [1.54, 1.807) is 30.3 Å². The molecule has 3 aromatic rings. The van der Waals surface area contributed by atoms with E-state index in [0.29, 0.717) is 80.0 Å². The summed E-state index contributed by atoms with van der Waals surface area (Å²) in [6, 6.07) is 9.26. The highest BCUT2D eigenvalue weighted by Crippen LogP contribution is 2.30. The summed E-state index contributed by atoms with van der Waals surface area (Å²) < 4.78 is 47.7. The third-order valence-corrected chi connectivity index (χ3v) is 7.47. The predicted molar refractivity (Wildman–Crippen MR) is 137 cm³/mol. The number of fused-ring (bicyclic) bond motifs is 1. The molecule has 0 spiro atoms. The Balaban J connectivity index is 1.40. The van der Waals surface area contributed by atoms with Crippen LogP contribution in [0.5, 0.6) is 0 Å². The van der Waals surface area contributed by atoms with Gasteiger partial charge in [-0.05, 0) is 50.8 Å². The van der Waals surface area contributed by atoms with Crippen molar-refractivity contribution in [3.05, 3.63) is 36.2 Å². The van der Waals surface area contributed by atoms with Gasteiger partial charge < -0.3 is 19.9 Å². The Morgan fingerprint density at radius 3 is 2.51 bits per heavy atom. The molecule has 1 aliphatic carbocycles. The summed E-state index contributed by atoms with van der Waals surface area (Å²) in [7, 11) is 1.99. The van der Waals surface area contributed by atoms with Crippen LogP contribution in [0.25, 0.3) is 16.9 Å². The number of anilines is 2. The summed E-state index contributed by atoms with van der Waals surface area (Å²) in [5.74, 6) is 1.55. The second-order valence-corrected chi connectivity index (χ2v) is 9.83. The molecule has 1 aliphatic heterocycles. The van der Waals surface area contributed by atoms with Crippen LogP contribution in [0.3, 0.4) is 0 Å². The van der Waals surface area contributed by atoms with Crippen LogP contribution in [-0.2, 0) is 4.74 Å². The zero-order valence-corrected chi connectivity index (χ0v) is 21.1. The Hall–Kier alpha value is -2.92. The lowest BCUT2D eigenvalue weighted by Crippen LogP contribution is -2.37. The maximum atomic E-state index is 14.0. The molecule has 37 heavy (non-hydrogen) atoms. The number of rotatable bonds is 9. The zero-order valence-electron chi connectivity index (χ0n) is 21.1. The summed E-state index contributed by atoms with van der Waals surface area (Å²) >= 11 is 0. The van der Waals surface area contributed by atoms with Crippen molar-refractivity contribution < 1.29 is 17.9 Å². The van der Waals surface area contributed by atoms with E-state index in [9.17, 15) is 13.2 Å². The topological polar surface area (TPSA) is 71.3 Å². The van der Waals surface area contributed by atoms with E-state index < -0.39 is 6.43 Å². The summed E-state index contributed by atoms with van der Waals surface area (Å²) in [6.07, 6.45) is 1.37. The molecule has 0 radical (unpaired) electrons. The molecule has 11 heteroatoms. The Morgan fingerprint density at radius 2 is 1.78 bits per heavy atom. The highest BCUT2D eigenvalue weighted by molar-refractivity contribution is 5.78. The summed E-state index contributed by atoms with van der Waals surface area (Å²) in [5.41, 5.74) is 1.07. The van der Waals surface area contributed by atoms with Gasteiger partial charge in [-0.2, -0.15) is 9.97 Å². The van der Waals surface area contributed by atoms with Crippen molar-refractivity contribution in [2.24, 2.45) is 5.92 Å². The van der Waals surface area contributed by atoms with E-state index in [-0.39, 0.29) is 12.5 Å². The number of benzene rings is 1. The predicted octanol–water partition coefficient (Wildman–Crippen LogP) is 4.46. The molecule has 200 valence electrons. The molecule has 1 N–H and O–H groups in total. The molecule has 5 rings (SSSR count). The largest absolute Gasteiger partial charge is 0.378 e. The van der Waals surface area contributed by atoms with Gasteiger partial charge in [-0.25, -0.2) is 18.2 Å². The maximum absolute atomic E-state index is 14.0. The van der Waals surface area contributed by atoms with E-state index in [0.717, 1.165) is 25.7 Å². The van der Waals surface area contributed by atoms with Crippen LogP contribution in [0.2, 0.25) is 0 Å². The number of hydrogen-bond donors (Lipinski definition) is 1. The third-order valence-electron chi connectivity index (χ3n) is 7.47. The first kappa shape index (κ1) is 25.7. The highest BCUT2D eigenvalue weighted by Gasteiger charge is 2.26. The van der Waals surface area contributed by atoms with Gasteiger partial charge in [-0.15, -0.1) is 0 Å². The fourth-order valence-electron chi connectivity index (χ4n) is 5.34. The van der Waals surface area contributed by atoms with Crippen LogP contribution in [-0.4, -0.2) is 83.6 Å². The molecule has 1 saturated heterocycles. The smallest absolute Gasteiger partial charge is 0.296 e. The molecule has 2 aromatic heterocycles. The SMILES string of the molecule is CN(CCF)[C@H]1CC[C@H](CNc2nc(N3CCOCC3)cc(-n3c(C(F)F)nc4ccccc43)n2)CC1. The standard InChI is InChI=1S/C26H34F3N7O/c1-34(11-10-27)19-8-6-18(7-9-19)17-30-26-32-22(35-12-14-37-15-13-35)16-23(33-26)36-21-5-3-2-4-20(21)31-25(36)24(28)29/h2-5,16,18-19,24H,6-15,17H2,1H3,(H,30,32,33)/t18-,19-. The molecule has 1 aromatic carbocycles. The van der Waals surface area contributed by atoms with Crippen molar-refractivity contribution in [1.82, 2.24) is 24.4 Å². The second-order valence-electron chi connectivity index (χ2n) is 9.83. The van der Waals surface area contributed by atoms with E-state index in [1.165, 1.54) is 4.57 Å². The Kier molecular flexibility index (Phi) is 8.09. The van der Waals surface area contributed by atoms with Crippen LogP contribution >= 0.6 is 0 Å². The number of halogens is 3. The van der Waals surface area contributed by atoms with Gasteiger partial charge in [-0.1, -0.05) is 12.1 Å². The summed E-state index contributed by atoms with van der Waals surface area (Å²) in [6.45, 7) is 3.34. The lowest BCUT2D eigenvalue weighted by Gasteiger charge is -2.34. The first-order valence-electron chi connectivity index (χ1n) is 13.0. The van der Waals surface area contributed by atoms with Crippen molar-refractivity contribution in [2.45, 2.75) is 38.2 Å². The second kappa shape index (κ2) is 11.6. The number of imidazole rings is 1. The molecular formula is C26H34F3N7O. The van der Waals surface area contributed by atoms with E-state index in [4.69, 9.17) is 9.72 Å². The maximum Gasteiger partial charge on any atom is 0.296 e. The van der Waals surface area contributed by atoms with Crippen LogP contribution in [0, 0.1) is 5.92 Å². The Labute approximate surface area is 214 Å². The Bertz CT molecular complexity index is 1180. The van der Waals surface area contributed by atoms with Crippen molar-refractivity contribution in [3.8, 4) is 5.82 Å². The average Bonchev–Trinajstić information content (AvgIpc) is 3.33. The lowest BCUT2D eigenvalue weighted by molar-refractivity contribution is 0.122. The van der Waals surface area contributed by atoms with Gasteiger partial charge in [0.25, 0.3) is 6.43 Å². The van der Waals surface area contributed by atoms with Crippen LogP contribution in [0.1, 0.15) is 37.9 Å². The Morgan fingerprint density at radius 1 is 1.05 bits per heavy atom. The number of nitrogens with one attached hydrogen (secondary N) is 1. The fourth-order valence-corrected chi connectivity index (χ4v) is 5.34. The third kappa shape index (κ3) is 5.82. The van der Waals surface area contributed by atoms with Crippen molar-refractivity contribution >= 4 is 22.8 Å². The fraction of sp³-hybridized carbons (Fsp3) is 0.577. The van der Waals surface area contributed by atoms with Gasteiger partial charge >= 0.3 is 0 Å². The van der Waals surface area contributed by atoms with Gasteiger partial charge in [0.05, 0.1) is 24.2 Å². The average molecular weight is 518 g/mol. The number of ether oxygens (including phenoxy) is 1. The molecule has 8 nitrogen and oxygen atoms in total.